The van der Waals surface area contributed by atoms with Crippen molar-refractivity contribution in [1.82, 2.24) is 25.0 Å². The largest absolute Gasteiger partial charge is 0.341 e. The van der Waals surface area contributed by atoms with Crippen LogP contribution in [0.25, 0.3) is 0 Å². The lowest BCUT2D eigenvalue weighted by Crippen LogP contribution is -2.41. The maximum Gasteiger partial charge on any atom is 0.317 e. The van der Waals surface area contributed by atoms with E-state index in [1.165, 1.54) is 31.5 Å². The molecule has 2 aliphatic rings. The van der Waals surface area contributed by atoms with Gasteiger partial charge in [0.25, 0.3) is 6.43 Å². The number of hydrogen-bond donors (Lipinski definition) is 1. The number of nitrogens with zero attached hydrogens (tertiary/aromatic N) is 5. The van der Waals surface area contributed by atoms with Crippen LogP contribution in [0.15, 0.2) is 12.3 Å². The number of aromatic nitrogens is 3. The Balaban J connectivity index is 1.75. The van der Waals surface area contributed by atoms with Crippen molar-refractivity contribution in [2.45, 2.75) is 64.5 Å². The van der Waals surface area contributed by atoms with Crippen LogP contribution in [0.2, 0.25) is 0 Å². The topological polar surface area (TPSA) is 66.3 Å². The van der Waals surface area contributed by atoms with Crippen LogP contribution in [0.3, 0.4) is 0 Å². The molecule has 0 bridgehead atoms. The van der Waals surface area contributed by atoms with E-state index >= 15 is 0 Å². The molecule has 0 unspecified atom stereocenters. The SMILES string of the molecule is CNC(=O)N1CCc2c(c(N(C)c3cc(C(F)F)c(C)cn3)nn2C2CCCCC2)C1. The molecule has 2 aromatic rings. The van der Waals surface area contributed by atoms with Crippen molar-refractivity contribution in [1.29, 1.82) is 0 Å². The molecule has 3 heterocycles. The van der Waals surface area contributed by atoms with Gasteiger partial charge in [-0.3, -0.25) is 4.68 Å². The number of fused-ring (bicyclic) bond motifs is 1. The number of aryl methyl sites for hydroxylation is 1. The monoisotopic (exact) mass is 432 g/mol. The highest BCUT2D eigenvalue weighted by atomic mass is 19.3. The molecule has 1 saturated carbocycles. The summed E-state index contributed by atoms with van der Waals surface area (Å²) in [5.41, 5.74) is 2.57. The Bertz CT molecular complexity index is 954. The third-order valence-electron chi connectivity index (χ3n) is 6.51. The number of nitrogens with one attached hydrogen (secondary N) is 1. The summed E-state index contributed by atoms with van der Waals surface area (Å²) in [4.78, 5) is 20.2. The Kier molecular flexibility index (Phi) is 6.11. The fraction of sp³-hybridized carbons (Fsp3) is 0.591. The van der Waals surface area contributed by atoms with Crippen LogP contribution >= 0.6 is 0 Å². The Morgan fingerprint density at radius 2 is 2.03 bits per heavy atom. The van der Waals surface area contributed by atoms with Gasteiger partial charge in [-0.1, -0.05) is 19.3 Å². The lowest BCUT2D eigenvalue weighted by molar-refractivity contribution is 0.150. The molecule has 0 atom stereocenters. The highest BCUT2D eigenvalue weighted by Gasteiger charge is 2.32. The average molecular weight is 433 g/mol. The first-order valence-electron chi connectivity index (χ1n) is 11.0. The Hall–Kier alpha value is -2.71. The second-order valence-corrected chi connectivity index (χ2v) is 8.47. The van der Waals surface area contributed by atoms with Crippen LogP contribution in [-0.2, 0) is 13.0 Å². The van der Waals surface area contributed by atoms with Crippen molar-refractivity contribution in [3.8, 4) is 0 Å². The predicted octanol–water partition coefficient (Wildman–Crippen LogP) is 4.49. The molecule has 2 aromatic heterocycles. The van der Waals surface area contributed by atoms with Gasteiger partial charge >= 0.3 is 6.03 Å². The second-order valence-electron chi connectivity index (χ2n) is 8.47. The first-order chi connectivity index (χ1) is 14.9. The fourth-order valence-electron chi connectivity index (χ4n) is 4.71. The number of amides is 2. The van der Waals surface area contributed by atoms with E-state index in [-0.39, 0.29) is 11.6 Å². The van der Waals surface area contributed by atoms with Gasteiger partial charge in [0.2, 0.25) is 0 Å². The quantitative estimate of drug-likeness (QED) is 0.773. The molecule has 2 amide bonds. The summed E-state index contributed by atoms with van der Waals surface area (Å²) in [6.07, 6.45) is 5.45. The highest BCUT2D eigenvalue weighted by molar-refractivity contribution is 5.75. The number of hydrogen-bond acceptors (Lipinski definition) is 4. The summed E-state index contributed by atoms with van der Waals surface area (Å²) in [6, 6.07) is 1.66. The number of halogens is 2. The minimum Gasteiger partial charge on any atom is -0.341 e. The van der Waals surface area contributed by atoms with E-state index < -0.39 is 6.43 Å². The second kappa shape index (κ2) is 8.80. The Morgan fingerprint density at radius 1 is 1.29 bits per heavy atom. The minimum atomic E-state index is -2.56. The molecule has 1 N–H and O–H groups in total. The van der Waals surface area contributed by atoms with Crippen LogP contribution in [0.5, 0.6) is 0 Å². The Morgan fingerprint density at radius 3 is 2.71 bits per heavy atom. The third-order valence-corrected chi connectivity index (χ3v) is 6.51. The zero-order valence-electron chi connectivity index (χ0n) is 18.4. The lowest BCUT2D eigenvalue weighted by atomic mass is 9.95. The van der Waals surface area contributed by atoms with Crippen LogP contribution in [0.4, 0.5) is 25.2 Å². The number of pyridine rings is 1. The molecule has 0 radical (unpaired) electrons. The zero-order chi connectivity index (χ0) is 22.1. The van der Waals surface area contributed by atoms with E-state index in [9.17, 15) is 13.6 Å². The van der Waals surface area contributed by atoms with Gasteiger partial charge in [0.05, 0.1) is 12.6 Å². The van der Waals surface area contributed by atoms with Gasteiger partial charge in [0.15, 0.2) is 5.82 Å². The summed E-state index contributed by atoms with van der Waals surface area (Å²) >= 11 is 0. The first kappa shape index (κ1) is 21.5. The molecule has 7 nitrogen and oxygen atoms in total. The molecule has 1 aliphatic heterocycles. The molecule has 31 heavy (non-hydrogen) atoms. The van der Waals surface area contributed by atoms with Gasteiger partial charge in [-0.15, -0.1) is 0 Å². The molecule has 1 aliphatic carbocycles. The summed E-state index contributed by atoms with van der Waals surface area (Å²) in [6.45, 7) is 2.71. The minimum absolute atomic E-state index is 0.0237. The van der Waals surface area contributed by atoms with E-state index in [4.69, 9.17) is 5.10 Å². The van der Waals surface area contributed by atoms with E-state index in [2.05, 4.69) is 15.0 Å². The average Bonchev–Trinajstić information content (AvgIpc) is 3.17. The van der Waals surface area contributed by atoms with E-state index in [1.807, 2.05) is 0 Å². The van der Waals surface area contributed by atoms with Crippen LogP contribution in [0, 0.1) is 6.92 Å². The zero-order valence-corrected chi connectivity index (χ0v) is 18.4. The van der Waals surface area contributed by atoms with Gasteiger partial charge in [0, 0.05) is 50.1 Å². The highest BCUT2D eigenvalue weighted by Crippen LogP contribution is 2.37. The maximum atomic E-state index is 13.5. The normalized spacial score (nSPS) is 17.0. The molecule has 168 valence electrons. The van der Waals surface area contributed by atoms with Crippen molar-refractivity contribution in [2.75, 3.05) is 25.5 Å². The smallest absolute Gasteiger partial charge is 0.317 e. The maximum absolute atomic E-state index is 13.5. The van der Waals surface area contributed by atoms with Crippen molar-refractivity contribution in [3.05, 3.63) is 34.6 Å². The van der Waals surface area contributed by atoms with Gasteiger partial charge in [-0.05, 0) is 31.4 Å². The number of urea groups is 1. The number of rotatable bonds is 4. The van der Waals surface area contributed by atoms with Crippen molar-refractivity contribution < 1.29 is 13.6 Å². The summed E-state index contributed by atoms with van der Waals surface area (Å²) < 4.78 is 29.1. The van der Waals surface area contributed by atoms with Crippen molar-refractivity contribution in [2.24, 2.45) is 0 Å². The predicted molar refractivity (Wildman–Crippen MR) is 115 cm³/mol. The fourth-order valence-corrected chi connectivity index (χ4v) is 4.71. The molecule has 0 saturated heterocycles. The van der Waals surface area contributed by atoms with E-state index in [1.54, 1.807) is 30.8 Å². The molecule has 9 heteroatoms. The standard InChI is InChI=1S/C22H30F2N6O/c1-14-12-26-19(11-16(14)20(23)24)28(3)21-17-13-29(22(31)25-2)10-9-18(17)30(27-21)15-7-5-4-6-8-15/h11-12,15,20H,4-10,13H2,1-3H3,(H,25,31). The number of carbonyl (C=O) groups excluding carboxylic acids is 1. The van der Waals surface area contributed by atoms with E-state index in [0.717, 1.165) is 30.5 Å². The molecule has 1 fully saturated rings. The van der Waals surface area contributed by atoms with Gasteiger partial charge in [0.1, 0.15) is 5.82 Å². The first-order valence-corrected chi connectivity index (χ1v) is 11.0. The number of carbonyl (C=O) groups is 1. The molecule has 4 rings (SSSR count). The van der Waals surface area contributed by atoms with Crippen molar-refractivity contribution >= 4 is 17.7 Å². The van der Waals surface area contributed by atoms with Gasteiger partial charge in [-0.2, -0.15) is 5.10 Å². The Labute approximate surface area is 181 Å². The number of alkyl halides is 2. The molecule has 0 aromatic carbocycles. The summed E-state index contributed by atoms with van der Waals surface area (Å²) in [5.74, 6) is 1.11. The number of anilines is 2. The van der Waals surface area contributed by atoms with E-state index in [0.29, 0.717) is 36.3 Å². The van der Waals surface area contributed by atoms with Crippen LogP contribution < -0.4 is 10.2 Å². The summed E-state index contributed by atoms with van der Waals surface area (Å²) in [5, 5.41) is 7.66. The molecule has 0 spiro atoms. The van der Waals surface area contributed by atoms with Crippen LogP contribution in [-0.4, -0.2) is 46.3 Å². The van der Waals surface area contributed by atoms with Crippen LogP contribution in [0.1, 0.15) is 67.0 Å². The third kappa shape index (κ3) is 4.09. The molecular weight excluding hydrogens is 402 g/mol. The molecular formula is C22H30F2N6O. The van der Waals surface area contributed by atoms with Crippen molar-refractivity contribution in [3.63, 3.8) is 0 Å². The lowest BCUT2D eigenvalue weighted by Gasteiger charge is -2.30. The summed E-state index contributed by atoms with van der Waals surface area (Å²) in [7, 11) is 3.43. The van der Waals surface area contributed by atoms with Gasteiger partial charge < -0.3 is 15.1 Å². The van der Waals surface area contributed by atoms with Gasteiger partial charge in [-0.25, -0.2) is 18.6 Å².